The first kappa shape index (κ1) is 17.3. The van der Waals surface area contributed by atoms with Gasteiger partial charge in [0.15, 0.2) is 0 Å². The second kappa shape index (κ2) is 6.83. The summed E-state index contributed by atoms with van der Waals surface area (Å²) >= 11 is 0. The summed E-state index contributed by atoms with van der Waals surface area (Å²) in [4.78, 5) is 34.4. The van der Waals surface area contributed by atoms with Gasteiger partial charge in [0.05, 0.1) is 0 Å². The molecule has 3 atom stereocenters. The molecule has 0 saturated carbocycles. The summed E-state index contributed by atoms with van der Waals surface area (Å²) in [6.45, 7) is 0.823. The molecule has 1 fully saturated rings. The van der Waals surface area contributed by atoms with Crippen molar-refractivity contribution in [1.29, 1.82) is 0 Å². The molecule has 1 aliphatic rings. The number of carboxylic acid groups (broad SMARTS) is 3. The Balaban J connectivity index is 2.54. The smallest absolute Gasteiger partial charge is 0.323 e. The number of nitrogens with two attached hydrogens (primary N) is 2. The maximum Gasteiger partial charge on any atom is 0.323 e. The summed E-state index contributed by atoms with van der Waals surface area (Å²) in [7, 11) is 0. The van der Waals surface area contributed by atoms with E-state index in [1.807, 2.05) is 0 Å². The van der Waals surface area contributed by atoms with E-state index in [0.717, 1.165) is 0 Å². The lowest BCUT2D eigenvalue weighted by Gasteiger charge is -2.39. The minimum absolute atomic E-state index is 0.0401. The third kappa shape index (κ3) is 4.38. The van der Waals surface area contributed by atoms with Crippen LogP contribution in [-0.4, -0.2) is 68.8 Å². The van der Waals surface area contributed by atoms with Crippen molar-refractivity contribution in [3.63, 3.8) is 0 Å². The monoisotopic (exact) mass is 303 g/mol. The minimum Gasteiger partial charge on any atom is -0.480 e. The predicted octanol–water partition coefficient (Wildman–Crippen LogP) is -1.49. The Morgan fingerprint density at radius 3 is 2.24 bits per heavy atom. The first-order valence-corrected chi connectivity index (χ1v) is 6.65. The van der Waals surface area contributed by atoms with E-state index in [1.165, 1.54) is 0 Å². The molecule has 0 spiro atoms. The standard InChI is InChI=1S/C12H21N3O6/c13-7(9(16)17)1-3-12(14,11(20)21)4-6-15-5-2-8(15)10(18)19/h7-8H,1-6,13-14H2,(H,16,17)(H,18,19)(H,20,21). The molecule has 9 heteroatoms. The number of nitrogens with zero attached hydrogens (tertiary/aromatic N) is 1. The van der Waals surface area contributed by atoms with Gasteiger partial charge in [0.1, 0.15) is 17.6 Å². The Morgan fingerprint density at radius 2 is 1.86 bits per heavy atom. The van der Waals surface area contributed by atoms with Gasteiger partial charge < -0.3 is 26.8 Å². The third-order valence-corrected chi connectivity index (χ3v) is 3.91. The summed E-state index contributed by atoms with van der Waals surface area (Å²) in [5, 5.41) is 26.8. The molecule has 1 rings (SSSR count). The van der Waals surface area contributed by atoms with Crippen LogP contribution in [0.2, 0.25) is 0 Å². The number of likely N-dealkylation sites (tertiary alicyclic amines) is 1. The number of carboxylic acids is 3. The highest BCUT2D eigenvalue weighted by Crippen LogP contribution is 2.22. The number of aliphatic carboxylic acids is 3. The SMILES string of the molecule is NC(CCC(N)(CCN1CCC1C(=O)O)C(=O)O)C(=O)O. The molecular formula is C12H21N3O6. The van der Waals surface area contributed by atoms with E-state index in [-0.39, 0.29) is 25.8 Å². The second-order valence-corrected chi connectivity index (χ2v) is 5.37. The topological polar surface area (TPSA) is 167 Å². The zero-order chi connectivity index (χ0) is 16.2. The lowest BCUT2D eigenvalue weighted by molar-refractivity contribution is -0.149. The molecule has 0 aromatic heterocycles. The van der Waals surface area contributed by atoms with Gasteiger partial charge in [0.2, 0.25) is 0 Å². The fourth-order valence-corrected chi connectivity index (χ4v) is 2.21. The van der Waals surface area contributed by atoms with E-state index in [2.05, 4.69) is 0 Å². The maximum absolute atomic E-state index is 11.3. The van der Waals surface area contributed by atoms with Crippen LogP contribution in [0.5, 0.6) is 0 Å². The first-order valence-electron chi connectivity index (χ1n) is 6.65. The fourth-order valence-electron chi connectivity index (χ4n) is 2.21. The number of carbonyl (C=O) groups is 3. The van der Waals surface area contributed by atoms with Crippen LogP contribution in [0, 0.1) is 0 Å². The van der Waals surface area contributed by atoms with Gasteiger partial charge in [-0.15, -0.1) is 0 Å². The highest BCUT2D eigenvalue weighted by molar-refractivity contribution is 5.79. The van der Waals surface area contributed by atoms with Crippen molar-refractivity contribution < 1.29 is 29.7 Å². The van der Waals surface area contributed by atoms with Crippen molar-refractivity contribution in [3.8, 4) is 0 Å². The fraction of sp³-hybridized carbons (Fsp3) is 0.750. The Labute approximate surface area is 121 Å². The maximum atomic E-state index is 11.3. The zero-order valence-corrected chi connectivity index (χ0v) is 11.6. The van der Waals surface area contributed by atoms with Crippen LogP contribution >= 0.6 is 0 Å². The van der Waals surface area contributed by atoms with Crippen LogP contribution in [-0.2, 0) is 14.4 Å². The average molecular weight is 303 g/mol. The van der Waals surface area contributed by atoms with Gasteiger partial charge >= 0.3 is 17.9 Å². The van der Waals surface area contributed by atoms with Gasteiger partial charge in [0.25, 0.3) is 0 Å². The molecule has 0 amide bonds. The largest absolute Gasteiger partial charge is 0.480 e. The lowest BCUT2D eigenvalue weighted by Crippen LogP contribution is -2.56. The normalized spacial score (nSPS) is 22.9. The minimum atomic E-state index is -1.61. The first-order chi connectivity index (χ1) is 9.67. The van der Waals surface area contributed by atoms with Crippen molar-refractivity contribution in [2.45, 2.75) is 43.3 Å². The molecule has 0 aromatic rings. The van der Waals surface area contributed by atoms with E-state index in [9.17, 15) is 19.5 Å². The lowest BCUT2D eigenvalue weighted by atomic mass is 9.88. The Morgan fingerprint density at radius 1 is 1.24 bits per heavy atom. The summed E-state index contributed by atoms with van der Waals surface area (Å²) in [6.07, 6.45) is 0.435. The molecular weight excluding hydrogens is 282 g/mol. The molecule has 1 saturated heterocycles. The highest BCUT2D eigenvalue weighted by Gasteiger charge is 2.39. The molecule has 0 aromatic carbocycles. The van der Waals surface area contributed by atoms with E-state index >= 15 is 0 Å². The summed E-state index contributed by atoms with van der Waals surface area (Å²) in [5.41, 5.74) is 9.55. The van der Waals surface area contributed by atoms with E-state index in [1.54, 1.807) is 4.90 Å². The van der Waals surface area contributed by atoms with Crippen molar-refractivity contribution in [1.82, 2.24) is 4.90 Å². The van der Waals surface area contributed by atoms with Crippen molar-refractivity contribution in [3.05, 3.63) is 0 Å². The quantitative estimate of drug-likeness (QED) is 0.341. The molecule has 9 nitrogen and oxygen atoms in total. The molecule has 0 bridgehead atoms. The predicted molar refractivity (Wildman–Crippen MR) is 71.6 cm³/mol. The number of hydrogen-bond donors (Lipinski definition) is 5. The van der Waals surface area contributed by atoms with Gasteiger partial charge in [-0.25, -0.2) is 0 Å². The molecule has 1 heterocycles. The Kier molecular flexibility index (Phi) is 5.64. The van der Waals surface area contributed by atoms with Gasteiger partial charge in [-0.3, -0.25) is 19.3 Å². The molecule has 3 unspecified atom stereocenters. The van der Waals surface area contributed by atoms with Crippen LogP contribution in [0.3, 0.4) is 0 Å². The van der Waals surface area contributed by atoms with Crippen LogP contribution in [0.15, 0.2) is 0 Å². The second-order valence-electron chi connectivity index (χ2n) is 5.37. The van der Waals surface area contributed by atoms with E-state index < -0.39 is 35.5 Å². The van der Waals surface area contributed by atoms with Crippen LogP contribution in [0.25, 0.3) is 0 Å². The van der Waals surface area contributed by atoms with Gasteiger partial charge in [-0.1, -0.05) is 0 Å². The summed E-state index contributed by atoms with van der Waals surface area (Å²) < 4.78 is 0. The third-order valence-electron chi connectivity index (χ3n) is 3.91. The molecule has 7 N–H and O–H groups in total. The average Bonchev–Trinajstić information content (AvgIpc) is 2.33. The van der Waals surface area contributed by atoms with Crippen LogP contribution in [0.4, 0.5) is 0 Å². The molecule has 21 heavy (non-hydrogen) atoms. The van der Waals surface area contributed by atoms with E-state index in [0.29, 0.717) is 13.0 Å². The van der Waals surface area contributed by atoms with Crippen molar-refractivity contribution in [2.75, 3.05) is 13.1 Å². The number of rotatable bonds is 9. The van der Waals surface area contributed by atoms with Gasteiger partial charge in [-0.05, 0) is 25.7 Å². The van der Waals surface area contributed by atoms with E-state index in [4.69, 9.17) is 21.7 Å². The Hall–Kier alpha value is -1.71. The summed E-state index contributed by atoms with van der Waals surface area (Å²) in [5.74, 6) is -3.39. The molecule has 0 aliphatic carbocycles. The molecule has 1 aliphatic heterocycles. The summed E-state index contributed by atoms with van der Waals surface area (Å²) in [6, 6.07) is -1.76. The van der Waals surface area contributed by atoms with Crippen LogP contribution < -0.4 is 11.5 Å². The van der Waals surface area contributed by atoms with Crippen molar-refractivity contribution >= 4 is 17.9 Å². The van der Waals surface area contributed by atoms with Crippen LogP contribution in [0.1, 0.15) is 25.7 Å². The molecule has 0 radical (unpaired) electrons. The van der Waals surface area contributed by atoms with Gasteiger partial charge in [-0.2, -0.15) is 0 Å². The number of hydrogen-bond acceptors (Lipinski definition) is 6. The highest BCUT2D eigenvalue weighted by atomic mass is 16.4. The zero-order valence-electron chi connectivity index (χ0n) is 11.6. The Bertz CT molecular complexity index is 429. The molecule has 120 valence electrons. The van der Waals surface area contributed by atoms with Crippen molar-refractivity contribution in [2.24, 2.45) is 11.5 Å². The van der Waals surface area contributed by atoms with Gasteiger partial charge in [0, 0.05) is 13.1 Å².